The molecule has 1 spiro atoms. The summed E-state index contributed by atoms with van der Waals surface area (Å²) >= 11 is 1.65. The summed E-state index contributed by atoms with van der Waals surface area (Å²) in [6.07, 6.45) is 3.21. The Balaban J connectivity index is 1.48. The van der Waals surface area contributed by atoms with Gasteiger partial charge in [0.1, 0.15) is 12.4 Å². The lowest BCUT2D eigenvalue weighted by molar-refractivity contribution is -0.140. The van der Waals surface area contributed by atoms with Crippen LogP contribution in [0, 0.1) is 6.92 Å². The molecule has 27 heavy (non-hydrogen) atoms. The zero-order valence-corrected chi connectivity index (χ0v) is 16.8. The highest BCUT2D eigenvalue weighted by atomic mass is 32.1. The molecule has 0 unspecified atom stereocenters. The first-order chi connectivity index (χ1) is 13.1. The SMILES string of the molecule is CCC(=O)N1CCC2(CC1)OCCc1cc(OCc3csc(C)n3)ccc12. The van der Waals surface area contributed by atoms with E-state index >= 15 is 0 Å². The van der Waals surface area contributed by atoms with Crippen molar-refractivity contribution in [1.82, 2.24) is 9.88 Å². The summed E-state index contributed by atoms with van der Waals surface area (Å²) < 4.78 is 12.2. The van der Waals surface area contributed by atoms with Crippen molar-refractivity contribution >= 4 is 17.2 Å². The van der Waals surface area contributed by atoms with E-state index in [0.717, 1.165) is 55.4 Å². The predicted molar refractivity (Wildman–Crippen MR) is 105 cm³/mol. The van der Waals surface area contributed by atoms with E-state index in [-0.39, 0.29) is 11.5 Å². The summed E-state index contributed by atoms with van der Waals surface area (Å²) in [6.45, 7) is 6.70. The van der Waals surface area contributed by atoms with Crippen molar-refractivity contribution < 1.29 is 14.3 Å². The fourth-order valence-corrected chi connectivity index (χ4v) is 4.73. The molecule has 2 aliphatic heterocycles. The zero-order valence-electron chi connectivity index (χ0n) is 16.0. The van der Waals surface area contributed by atoms with Crippen molar-refractivity contribution in [2.24, 2.45) is 0 Å². The number of benzene rings is 1. The maximum absolute atomic E-state index is 12.0. The molecule has 1 aromatic heterocycles. The summed E-state index contributed by atoms with van der Waals surface area (Å²) in [5, 5.41) is 3.10. The summed E-state index contributed by atoms with van der Waals surface area (Å²) in [5.41, 5.74) is 3.31. The Kier molecular flexibility index (Phi) is 5.19. The molecule has 2 aliphatic rings. The van der Waals surface area contributed by atoms with Gasteiger partial charge in [-0.3, -0.25) is 4.79 Å². The summed E-state index contributed by atoms with van der Waals surface area (Å²) in [4.78, 5) is 18.4. The second-order valence-corrected chi connectivity index (χ2v) is 8.35. The van der Waals surface area contributed by atoms with Gasteiger partial charge in [0.05, 0.1) is 22.9 Å². The number of hydrogen-bond donors (Lipinski definition) is 0. The first-order valence-corrected chi connectivity index (χ1v) is 10.6. The van der Waals surface area contributed by atoms with E-state index in [2.05, 4.69) is 17.1 Å². The Bertz CT molecular complexity index is 825. The molecule has 2 aromatic rings. The molecule has 6 heteroatoms. The largest absolute Gasteiger partial charge is 0.487 e. The normalized spacial score (nSPS) is 18.4. The van der Waals surface area contributed by atoms with Crippen molar-refractivity contribution in [2.45, 2.75) is 51.7 Å². The maximum Gasteiger partial charge on any atom is 0.222 e. The highest BCUT2D eigenvalue weighted by Crippen LogP contribution is 2.42. The van der Waals surface area contributed by atoms with Gasteiger partial charge in [-0.05, 0) is 49.4 Å². The molecule has 0 N–H and O–H groups in total. The maximum atomic E-state index is 12.0. The topological polar surface area (TPSA) is 51.7 Å². The molecule has 0 atom stereocenters. The van der Waals surface area contributed by atoms with E-state index in [1.165, 1.54) is 11.1 Å². The number of hydrogen-bond acceptors (Lipinski definition) is 5. The van der Waals surface area contributed by atoms with Gasteiger partial charge in [0, 0.05) is 24.9 Å². The van der Waals surface area contributed by atoms with E-state index in [0.29, 0.717) is 13.0 Å². The molecular formula is C21H26N2O3S. The average molecular weight is 387 g/mol. The third-order valence-corrected chi connectivity index (χ3v) is 6.42. The Hall–Kier alpha value is -1.92. The van der Waals surface area contributed by atoms with Crippen LogP contribution in [0.2, 0.25) is 0 Å². The van der Waals surface area contributed by atoms with Crippen LogP contribution in [-0.2, 0) is 28.2 Å². The number of rotatable bonds is 4. The van der Waals surface area contributed by atoms with Crippen molar-refractivity contribution in [3.05, 3.63) is 45.4 Å². The van der Waals surface area contributed by atoms with Crippen molar-refractivity contribution in [3.63, 3.8) is 0 Å². The third-order valence-electron chi connectivity index (χ3n) is 5.60. The average Bonchev–Trinajstić information content (AvgIpc) is 3.12. The van der Waals surface area contributed by atoms with E-state index in [9.17, 15) is 4.79 Å². The van der Waals surface area contributed by atoms with Crippen LogP contribution < -0.4 is 4.74 Å². The minimum atomic E-state index is -0.247. The van der Waals surface area contributed by atoms with Crippen LogP contribution in [-0.4, -0.2) is 35.5 Å². The quantitative estimate of drug-likeness (QED) is 0.801. The Morgan fingerprint density at radius 1 is 1.37 bits per heavy atom. The Morgan fingerprint density at radius 2 is 2.19 bits per heavy atom. The summed E-state index contributed by atoms with van der Waals surface area (Å²) in [7, 11) is 0. The minimum Gasteiger partial charge on any atom is -0.487 e. The van der Waals surface area contributed by atoms with Gasteiger partial charge in [0.2, 0.25) is 5.91 Å². The molecule has 144 valence electrons. The number of carbonyl (C=O) groups is 1. The standard InChI is InChI=1S/C21H26N2O3S/c1-3-20(24)23-9-7-21(8-10-23)19-5-4-18(12-16(19)6-11-26-21)25-13-17-14-27-15(2)22-17/h4-5,12,14H,3,6-11,13H2,1-2H3. The van der Waals surface area contributed by atoms with Crippen LogP contribution in [0.3, 0.4) is 0 Å². The number of carbonyl (C=O) groups excluding carboxylic acids is 1. The van der Waals surface area contributed by atoms with Crippen molar-refractivity contribution in [2.75, 3.05) is 19.7 Å². The van der Waals surface area contributed by atoms with E-state index < -0.39 is 0 Å². The molecule has 1 saturated heterocycles. The van der Waals surface area contributed by atoms with Gasteiger partial charge < -0.3 is 14.4 Å². The van der Waals surface area contributed by atoms with Gasteiger partial charge >= 0.3 is 0 Å². The van der Waals surface area contributed by atoms with E-state index in [1.807, 2.05) is 30.2 Å². The van der Waals surface area contributed by atoms with Crippen LogP contribution in [0.5, 0.6) is 5.75 Å². The lowest BCUT2D eigenvalue weighted by Gasteiger charge is -2.45. The number of fused-ring (bicyclic) bond motifs is 2. The lowest BCUT2D eigenvalue weighted by Crippen LogP contribution is -2.48. The van der Waals surface area contributed by atoms with Gasteiger partial charge in [-0.25, -0.2) is 4.98 Å². The molecule has 3 heterocycles. The fraction of sp³-hybridized carbons (Fsp3) is 0.524. The minimum absolute atomic E-state index is 0.238. The number of ether oxygens (including phenoxy) is 2. The number of piperidine rings is 1. The van der Waals surface area contributed by atoms with Gasteiger partial charge in [-0.2, -0.15) is 0 Å². The zero-order chi connectivity index (χ0) is 18.9. The monoisotopic (exact) mass is 386 g/mol. The number of nitrogens with zero attached hydrogens (tertiary/aromatic N) is 2. The molecule has 0 bridgehead atoms. The highest BCUT2D eigenvalue weighted by Gasteiger charge is 2.41. The lowest BCUT2D eigenvalue weighted by atomic mass is 9.79. The van der Waals surface area contributed by atoms with Crippen LogP contribution in [0.4, 0.5) is 0 Å². The smallest absolute Gasteiger partial charge is 0.222 e. The number of likely N-dealkylation sites (tertiary alicyclic amines) is 1. The fourth-order valence-electron chi connectivity index (χ4n) is 4.13. The molecule has 4 rings (SSSR count). The third kappa shape index (κ3) is 3.73. The number of aryl methyl sites for hydroxylation is 1. The Labute approximate surface area is 164 Å². The van der Waals surface area contributed by atoms with Gasteiger partial charge in [-0.1, -0.05) is 13.0 Å². The number of aromatic nitrogens is 1. The van der Waals surface area contributed by atoms with Crippen LogP contribution in [0.15, 0.2) is 23.6 Å². The number of amides is 1. The molecule has 0 aliphatic carbocycles. The van der Waals surface area contributed by atoms with Crippen LogP contribution in [0.25, 0.3) is 0 Å². The van der Waals surface area contributed by atoms with E-state index in [1.54, 1.807) is 11.3 Å². The molecule has 1 fully saturated rings. The molecule has 5 nitrogen and oxygen atoms in total. The first kappa shape index (κ1) is 18.4. The van der Waals surface area contributed by atoms with Crippen LogP contribution >= 0.6 is 11.3 Å². The van der Waals surface area contributed by atoms with Crippen molar-refractivity contribution in [3.8, 4) is 5.75 Å². The van der Waals surface area contributed by atoms with Crippen molar-refractivity contribution in [1.29, 1.82) is 0 Å². The highest BCUT2D eigenvalue weighted by molar-refractivity contribution is 7.09. The molecular weight excluding hydrogens is 360 g/mol. The summed E-state index contributed by atoms with van der Waals surface area (Å²) in [6, 6.07) is 6.36. The predicted octanol–water partition coefficient (Wildman–Crippen LogP) is 3.83. The van der Waals surface area contributed by atoms with Gasteiger partial charge in [0.25, 0.3) is 0 Å². The second kappa shape index (κ2) is 7.60. The Morgan fingerprint density at radius 3 is 2.89 bits per heavy atom. The summed E-state index contributed by atoms with van der Waals surface area (Å²) in [5.74, 6) is 1.12. The first-order valence-electron chi connectivity index (χ1n) is 9.68. The molecule has 0 saturated carbocycles. The van der Waals surface area contributed by atoms with Gasteiger partial charge in [0.15, 0.2) is 0 Å². The molecule has 1 aromatic carbocycles. The van der Waals surface area contributed by atoms with Gasteiger partial charge in [-0.15, -0.1) is 11.3 Å². The molecule has 1 amide bonds. The molecule has 0 radical (unpaired) electrons. The van der Waals surface area contributed by atoms with Crippen LogP contribution in [0.1, 0.15) is 48.0 Å². The van der Waals surface area contributed by atoms with E-state index in [4.69, 9.17) is 9.47 Å². The number of thiazole rings is 1. The second-order valence-electron chi connectivity index (χ2n) is 7.29.